The lowest BCUT2D eigenvalue weighted by Gasteiger charge is -2.32. The van der Waals surface area contributed by atoms with Gasteiger partial charge in [-0.2, -0.15) is 0 Å². The summed E-state index contributed by atoms with van der Waals surface area (Å²) in [6.45, 7) is 4.58. The average Bonchev–Trinajstić information content (AvgIpc) is 3.02. The molecule has 134 valence electrons. The quantitative estimate of drug-likeness (QED) is 0.858. The maximum absolute atomic E-state index is 11.1. The van der Waals surface area contributed by atoms with Gasteiger partial charge in [0, 0.05) is 36.8 Å². The minimum atomic E-state index is -0.0778. The molecule has 1 atom stereocenters. The van der Waals surface area contributed by atoms with Crippen LogP contribution in [0.25, 0.3) is 0 Å². The molecule has 6 nitrogen and oxygen atoms in total. The Labute approximate surface area is 152 Å². The van der Waals surface area contributed by atoms with E-state index < -0.39 is 0 Å². The molecule has 1 aliphatic heterocycles. The van der Waals surface area contributed by atoms with E-state index in [0.29, 0.717) is 11.0 Å². The molecule has 7 heteroatoms. The molecule has 2 aromatic rings. The Morgan fingerprint density at radius 3 is 3.00 bits per heavy atom. The second-order valence-electron chi connectivity index (χ2n) is 6.45. The average molecular weight is 360 g/mol. The van der Waals surface area contributed by atoms with Crippen LogP contribution < -0.4 is 10.1 Å². The summed E-state index contributed by atoms with van der Waals surface area (Å²) in [4.78, 5) is 23.5. The number of pyridine rings is 1. The largest absolute Gasteiger partial charge is 0.495 e. The first-order chi connectivity index (χ1) is 12.1. The second-order valence-corrected chi connectivity index (χ2v) is 7.56. The highest BCUT2D eigenvalue weighted by Crippen LogP contribution is 2.25. The molecule has 0 spiro atoms. The number of piperidine rings is 1. The van der Waals surface area contributed by atoms with Gasteiger partial charge in [-0.25, -0.2) is 4.98 Å². The van der Waals surface area contributed by atoms with Crippen LogP contribution in [0.4, 0.5) is 5.13 Å². The molecule has 2 aromatic heterocycles. The number of ether oxygens (including phenoxy) is 1. The monoisotopic (exact) mass is 360 g/mol. The first kappa shape index (κ1) is 17.8. The molecule has 0 saturated carbocycles. The summed E-state index contributed by atoms with van der Waals surface area (Å²) >= 11 is 1.55. The van der Waals surface area contributed by atoms with Gasteiger partial charge in [0.1, 0.15) is 5.75 Å². The molecule has 1 N–H and O–H groups in total. The van der Waals surface area contributed by atoms with E-state index in [1.165, 1.54) is 24.6 Å². The first-order valence-electron chi connectivity index (χ1n) is 8.56. The number of rotatable bonds is 6. The number of hydrogen-bond donors (Lipinski definition) is 1. The Morgan fingerprint density at radius 2 is 2.28 bits per heavy atom. The lowest BCUT2D eigenvalue weighted by atomic mass is 9.93. The zero-order valence-electron chi connectivity index (χ0n) is 14.7. The summed E-state index contributed by atoms with van der Waals surface area (Å²) in [5.74, 6) is 1.34. The van der Waals surface area contributed by atoms with Gasteiger partial charge in [0.05, 0.1) is 13.3 Å². The van der Waals surface area contributed by atoms with Crippen LogP contribution >= 0.6 is 11.3 Å². The third-order valence-electron chi connectivity index (χ3n) is 4.35. The normalized spacial score (nSPS) is 18.1. The van der Waals surface area contributed by atoms with Crippen LogP contribution in [0, 0.1) is 5.92 Å². The predicted octanol–water partition coefficient (Wildman–Crippen LogP) is 2.96. The topological polar surface area (TPSA) is 67.3 Å². The van der Waals surface area contributed by atoms with E-state index in [0.717, 1.165) is 37.5 Å². The van der Waals surface area contributed by atoms with Gasteiger partial charge in [0.25, 0.3) is 0 Å². The number of likely N-dealkylation sites (tertiary alicyclic amines) is 1. The molecule has 1 aliphatic rings. The van der Waals surface area contributed by atoms with Crippen LogP contribution in [0.1, 0.15) is 30.3 Å². The molecule has 3 heterocycles. The Bertz CT molecular complexity index is 701. The molecule has 25 heavy (non-hydrogen) atoms. The van der Waals surface area contributed by atoms with E-state index in [-0.39, 0.29) is 5.91 Å². The SMILES string of the molecule is COc1ccc(C[C@@H]2CCCN(Cc3cnc(NC(C)=O)s3)C2)nc1. The van der Waals surface area contributed by atoms with Crippen LogP contribution in [0.3, 0.4) is 0 Å². The van der Waals surface area contributed by atoms with Gasteiger partial charge in [-0.1, -0.05) is 0 Å². The summed E-state index contributed by atoms with van der Waals surface area (Å²) in [5.41, 5.74) is 1.12. The van der Waals surface area contributed by atoms with Crippen molar-refractivity contribution >= 4 is 22.4 Å². The number of hydrogen-bond acceptors (Lipinski definition) is 6. The number of thiazole rings is 1. The molecule has 1 amide bonds. The Morgan fingerprint density at radius 1 is 1.40 bits per heavy atom. The molecule has 0 aliphatic carbocycles. The van der Waals surface area contributed by atoms with Crippen LogP contribution in [-0.2, 0) is 17.8 Å². The third-order valence-corrected chi connectivity index (χ3v) is 5.25. The van der Waals surface area contributed by atoms with Crippen molar-refractivity contribution in [3.8, 4) is 5.75 Å². The number of nitrogens with one attached hydrogen (secondary N) is 1. The van der Waals surface area contributed by atoms with Crippen molar-refractivity contribution in [1.29, 1.82) is 0 Å². The number of carbonyl (C=O) groups is 1. The summed E-state index contributed by atoms with van der Waals surface area (Å²) in [7, 11) is 1.66. The number of nitrogens with zero attached hydrogens (tertiary/aromatic N) is 3. The number of amides is 1. The Hall–Kier alpha value is -1.99. The molecular weight excluding hydrogens is 336 g/mol. The van der Waals surface area contributed by atoms with E-state index >= 15 is 0 Å². The van der Waals surface area contributed by atoms with Gasteiger partial charge >= 0.3 is 0 Å². The molecule has 0 radical (unpaired) electrons. The third kappa shape index (κ3) is 5.24. The van der Waals surface area contributed by atoms with E-state index in [9.17, 15) is 4.79 Å². The van der Waals surface area contributed by atoms with Crippen molar-refractivity contribution in [2.24, 2.45) is 5.92 Å². The molecular formula is C18H24N4O2S. The fourth-order valence-electron chi connectivity index (χ4n) is 3.22. The fourth-order valence-corrected chi connectivity index (χ4v) is 4.12. The van der Waals surface area contributed by atoms with Crippen molar-refractivity contribution in [3.05, 3.63) is 35.1 Å². The van der Waals surface area contributed by atoms with E-state index in [1.54, 1.807) is 24.6 Å². The Balaban J connectivity index is 1.53. The highest BCUT2D eigenvalue weighted by Gasteiger charge is 2.21. The molecule has 0 aromatic carbocycles. The van der Waals surface area contributed by atoms with Gasteiger partial charge in [0.2, 0.25) is 5.91 Å². The van der Waals surface area contributed by atoms with E-state index in [1.807, 2.05) is 12.3 Å². The van der Waals surface area contributed by atoms with E-state index in [4.69, 9.17) is 4.74 Å². The van der Waals surface area contributed by atoms with Gasteiger partial charge < -0.3 is 10.1 Å². The highest BCUT2D eigenvalue weighted by molar-refractivity contribution is 7.15. The predicted molar refractivity (Wildman–Crippen MR) is 98.9 cm³/mol. The minimum absolute atomic E-state index is 0.0778. The number of methoxy groups -OCH3 is 1. The van der Waals surface area contributed by atoms with Crippen molar-refractivity contribution < 1.29 is 9.53 Å². The Kier molecular flexibility index (Phi) is 5.99. The zero-order valence-corrected chi connectivity index (χ0v) is 15.5. The number of carbonyl (C=O) groups excluding carboxylic acids is 1. The van der Waals surface area contributed by atoms with Gasteiger partial charge in [-0.3, -0.25) is 14.7 Å². The highest BCUT2D eigenvalue weighted by atomic mass is 32.1. The maximum Gasteiger partial charge on any atom is 0.223 e. The second kappa shape index (κ2) is 8.40. The minimum Gasteiger partial charge on any atom is -0.495 e. The lowest BCUT2D eigenvalue weighted by Crippen LogP contribution is -2.35. The molecule has 1 fully saturated rings. The number of aromatic nitrogens is 2. The molecule has 0 bridgehead atoms. The van der Waals surface area contributed by atoms with Gasteiger partial charge in [0.15, 0.2) is 5.13 Å². The van der Waals surface area contributed by atoms with Crippen LogP contribution in [0.2, 0.25) is 0 Å². The van der Waals surface area contributed by atoms with E-state index in [2.05, 4.69) is 26.3 Å². The summed E-state index contributed by atoms with van der Waals surface area (Å²) in [6, 6.07) is 4.03. The fraction of sp³-hybridized carbons (Fsp3) is 0.500. The summed E-state index contributed by atoms with van der Waals surface area (Å²) < 4.78 is 5.17. The molecule has 1 saturated heterocycles. The first-order valence-corrected chi connectivity index (χ1v) is 9.37. The number of anilines is 1. The summed E-state index contributed by atoms with van der Waals surface area (Å²) in [6.07, 6.45) is 7.10. The van der Waals surface area contributed by atoms with Gasteiger partial charge in [-0.05, 0) is 43.9 Å². The standard InChI is InChI=1S/C18H24N4O2S/c1-13(23)21-18-20-10-17(25-18)12-22-7-3-4-14(11-22)8-15-5-6-16(24-2)9-19-15/h5-6,9-10,14H,3-4,7-8,11-12H2,1-2H3,(H,20,21,23)/t14-/m0/s1. The van der Waals surface area contributed by atoms with Crippen LogP contribution in [-0.4, -0.2) is 41.0 Å². The zero-order chi connectivity index (χ0) is 17.6. The van der Waals surface area contributed by atoms with Crippen LogP contribution in [0.5, 0.6) is 5.75 Å². The van der Waals surface area contributed by atoms with Crippen molar-refractivity contribution in [3.63, 3.8) is 0 Å². The smallest absolute Gasteiger partial charge is 0.223 e. The van der Waals surface area contributed by atoms with Crippen molar-refractivity contribution in [2.75, 3.05) is 25.5 Å². The van der Waals surface area contributed by atoms with Crippen molar-refractivity contribution in [2.45, 2.75) is 32.7 Å². The van der Waals surface area contributed by atoms with Crippen molar-refractivity contribution in [1.82, 2.24) is 14.9 Å². The molecule has 0 unspecified atom stereocenters. The lowest BCUT2D eigenvalue weighted by molar-refractivity contribution is -0.114. The van der Waals surface area contributed by atoms with Gasteiger partial charge in [-0.15, -0.1) is 11.3 Å². The summed E-state index contributed by atoms with van der Waals surface area (Å²) in [5, 5.41) is 3.42. The maximum atomic E-state index is 11.1. The molecule has 3 rings (SSSR count). The van der Waals surface area contributed by atoms with Crippen LogP contribution in [0.15, 0.2) is 24.5 Å².